The van der Waals surface area contributed by atoms with Gasteiger partial charge in [0.2, 0.25) is 23.6 Å². The Balaban J connectivity index is 1.55. The summed E-state index contributed by atoms with van der Waals surface area (Å²) < 4.78 is 21.5. The van der Waals surface area contributed by atoms with Crippen LogP contribution in [0, 0.1) is 0 Å². The van der Waals surface area contributed by atoms with Gasteiger partial charge in [-0.15, -0.1) is 0 Å². The van der Waals surface area contributed by atoms with Crippen LogP contribution in [-0.2, 0) is 24.0 Å². The third kappa shape index (κ3) is 19.8. The maximum atomic E-state index is 14.1. The van der Waals surface area contributed by atoms with Gasteiger partial charge in [0.25, 0.3) is 23.6 Å². The molecule has 81 heavy (non-hydrogen) atoms. The number of carboxylic acids is 1. The molecule has 0 aliphatic carbocycles. The molecule has 26 heteroatoms. The Labute approximate surface area is 468 Å². The lowest BCUT2D eigenvalue weighted by molar-refractivity contribution is -0.137. The summed E-state index contributed by atoms with van der Waals surface area (Å²) in [5, 5.41) is 28.3. The fraction of sp³-hybridized carbons (Fsp3) is 0.400. The normalized spacial score (nSPS) is 12.2. The van der Waals surface area contributed by atoms with Crippen molar-refractivity contribution in [3.8, 4) is 23.0 Å². The van der Waals surface area contributed by atoms with Gasteiger partial charge in [0.15, 0.2) is 0 Å². The van der Waals surface area contributed by atoms with Gasteiger partial charge >= 0.3 is 5.97 Å². The number of aliphatic carboxylic acids is 1. The van der Waals surface area contributed by atoms with Crippen LogP contribution in [0.2, 0.25) is 0 Å². The molecule has 0 spiro atoms. The second kappa shape index (κ2) is 32.9. The predicted molar refractivity (Wildman–Crippen MR) is 302 cm³/mol. The van der Waals surface area contributed by atoms with Crippen LogP contribution >= 0.6 is 0 Å². The Kier molecular flexibility index (Phi) is 26.3. The molecule has 8 amide bonds. The molecule has 0 bridgehead atoms. The molecular formula is C55H74N12O14. The minimum Gasteiger partial charge on any atom is -0.496 e. The molecule has 4 aromatic carbocycles. The van der Waals surface area contributed by atoms with Crippen molar-refractivity contribution < 1.29 is 67.2 Å². The number of benzene rings is 4. The number of ether oxygens (including phenoxy) is 4. The number of amides is 8. The molecular weight excluding hydrogens is 1050 g/mol. The summed E-state index contributed by atoms with van der Waals surface area (Å²) in [4.78, 5) is 120. The number of nitrogens with two attached hydrogens (primary N) is 5. The van der Waals surface area contributed by atoms with Gasteiger partial charge in [-0.3, -0.25) is 43.2 Å². The third-order valence-electron chi connectivity index (χ3n) is 12.6. The highest BCUT2D eigenvalue weighted by molar-refractivity contribution is 6.07. The molecule has 4 rings (SSSR count). The monoisotopic (exact) mass is 1130 g/mol. The molecule has 0 radical (unpaired) electrons. The van der Waals surface area contributed by atoms with E-state index in [1.807, 2.05) is 0 Å². The van der Waals surface area contributed by atoms with Gasteiger partial charge in [-0.05, 0) is 150 Å². The first-order valence-corrected chi connectivity index (χ1v) is 26.1. The van der Waals surface area contributed by atoms with Gasteiger partial charge < -0.3 is 89.9 Å². The Hall–Kier alpha value is -8.85. The van der Waals surface area contributed by atoms with Crippen molar-refractivity contribution in [3.63, 3.8) is 0 Å². The number of unbranched alkanes of at least 4 members (excludes halogenated alkanes) is 3. The lowest BCUT2D eigenvalue weighted by atomic mass is 10.1. The van der Waals surface area contributed by atoms with E-state index in [0.717, 1.165) is 0 Å². The topological polar surface area (TPSA) is 425 Å². The summed E-state index contributed by atoms with van der Waals surface area (Å²) >= 11 is 0. The number of rotatable bonds is 34. The first-order valence-electron chi connectivity index (χ1n) is 26.1. The van der Waals surface area contributed by atoms with Crippen molar-refractivity contribution in [2.24, 2.45) is 28.7 Å². The third-order valence-corrected chi connectivity index (χ3v) is 12.6. The average Bonchev–Trinajstić information content (AvgIpc) is 3.46. The second-order valence-corrected chi connectivity index (χ2v) is 18.5. The summed E-state index contributed by atoms with van der Waals surface area (Å²) in [7, 11) is 5.29. The van der Waals surface area contributed by atoms with Crippen LogP contribution < -0.4 is 84.8 Å². The van der Waals surface area contributed by atoms with Crippen LogP contribution in [-0.4, -0.2) is 131 Å². The predicted octanol–water partition coefficient (Wildman–Crippen LogP) is 2.55. The number of anilines is 4. The highest BCUT2D eigenvalue weighted by atomic mass is 16.5. The smallest absolute Gasteiger partial charge is 0.303 e. The quantitative estimate of drug-likeness (QED) is 0.0299. The maximum Gasteiger partial charge on any atom is 0.303 e. The Bertz CT molecular complexity index is 2870. The zero-order valence-electron chi connectivity index (χ0n) is 45.8. The van der Waals surface area contributed by atoms with Crippen molar-refractivity contribution in [2.45, 2.75) is 94.8 Å². The molecule has 0 saturated carbocycles. The van der Waals surface area contributed by atoms with Crippen molar-refractivity contribution in [2.75, 3.05) is 69.3 Å². The number of primary amides is 1. The molecule has 0 aromatic heterocycles. The molecule has 0 saturated heterocycles. The Morgan fingerprint density at radius 1 is 0.432 bits per heavy atom. The molecule has 26 nitrogen and oxygen atoms in total. The number of carboxylic acid groups (broad SMARTS) is 1. The highest BCUT2D eigenvalue weighted by Crippen LogP contribution is 2.28. The van der Waals surface area contributed by atoms with E-state index in [0.29, 0.717) is 64.6 Å². The zero-order chi connectivity index (χ0) is 59.6. The molecule has 4 aromatic rings. The Morgan fingerprint density at radius 2 is 0.728 bits per heavy atom. The first-order chi connectivity index (χ1) is 38.8. The van der Waals surface area contributed by atoms with Crippen LogP contribution in [0.3, 0.4) is 0 Å². The number of carbonyl (C=O) groups excluding carboxylic acids is 8. The fourth-order valence-electron chi connectivity index (χ4n) is 8.20. The Morgan fingerprint density at radius 3 is 1.04 bits per heavy atom. The van der Waals surface area contributed by atoms with Crippen molar-refractivity contribution >= 4 is 76.0 Å². The van der Waals surface area contributed by atoms with Crippen LogP contribution in [0.5, 0.6) is 23.0 Å². The molecule has 0 aliphatic rings. The number of carbonyl (C=O) groups is 9. The van der Waals surface area contributed by atoms with Crippen LogP contribution in [0.25, 0.3) is 0 Å². The van der Waals surface area contributed by atoms with E-state index in [4.69, 9.17) is 47.6 Å². The molecule has 0 fully saturated rings. The van der Waals surface area contributed by atoms with Gasteiger partial charge in [0.1, 0.15) is 41.1 Å². The van der Waals surface area contributed by atoms with Gasteiger partial charge in [-0.1, -0.05) is 6.42 Å². The number of nitrogens with one attached hydrogen (secondary N) is 7. The highest BCUT2D eigenvalue weighted by Gasteiger charge is 2.29. The zero-order valence-corrected chi connectivity index (χ0v) is 45.8. The largest absolute Gasteiger partial charge is 0.496 e. The van der Waals surface area contributed by atoms with E-state index in [1.165, 1.54) is 101 Å². The van der Waals surface area contributed by atoms with Gasteiger partial charge in [-0.25, -0.2) is 0 Å². The maximum absolute atomic E-state index is 14.1. The molecule has 0 heterocycles. The van der Waals surface area contributed by atoms with Gasteiger partial charge in [0, 0.05) is 29.2 Å². The molecule has 18 N–H and O–H groups in total. The summed E-state index contributed by atoms with van der Waals surface area (Å²) in [5.74, 6) is -6.78. The van der Waals surface area contributed by atoms with E-state index in [-0.39, 0.29) is 80.8 Å². The van der Waals surface area contributed by atoms with E-state index >= 15 is 0 Å². The molecule has 4 atom stereocenters. The minimum absolute atomic E-state index is 0.00138. The van der Waals surface area contributed by atoms with Crippen molar-refractivity contribution in [3.05, 3.63) is 95.1 Å². The van der Waals surface area contributed by atoms with E-state index in [2.05, 4.69) is 37.2 Å². The molecule has 438 valence electrons. The lowest BCUT2D eigenvalue weighted by Gasteiger charge is -2.21. The van der Waals surface area contributed by atoms with Crippen molar-refractivity contribution in [1.29, 1.82) is 0 Å². The van der Waals surface area contributed by atoms with E-state index < -0.39 is 90.2 Å². The lowest BCUT2D eigenvalue weighted by Crippen LogP contribution is -2.45. The number of methoxy groups -OCH3 is 4. The van der Waals surface area contributed by atoms with E-state index in [1.54, 1.807) is 0 Å². The van der Waals surface area contributed by atoms with Crippen molar-refractivity contribution in [1.82, 2.24) is 16.0 Å². The van der Waals surface area contributed by atoms with Crippen LogP contribution in [0.1, 0.15) is 112 Å². The summed E-state index contributed by atoms with van der Waals surface area (Å²) in [5.41, 5.74) is 28.8. The number of hydrogen-bond acceptors (Lipinski definition) is 17. The summed E-state index contributed by atoms with van der Waals surface area (Å²) in [6.45, 7) is 1.08. The summed E-state index contributed by atoms with van der Waals surface area (Å²) in [6.07, 6.45) is 2.96. The first kappa shape index (κ1) is 64.7. The second-order valence-electron chi connectivity index (χ2n) is 18.5. The molecule has 0 unspecified atom stereocenters. The van der Waals surface area contributed by atoms with Gasteiger partial charge in [0.05, 0.1) is 56.7 Å². The standard InChI is InChI=1S/C55H74N12O14/c1-78-43-19-14-31(27-35(43)48(60)70)62-53(75)40(12-6-9-25-57)65-50(72)37-30-34(17-22-45(37)80-3)64-55(77)42(18-23-47(68)69)67-51(73)38-29-33(16-21-46(38)81-4)63-54(76)41(13-7-10-26-58)66-49(71)36-28-32(15-20-44(36)79-2)61-52(74)39(59)11-5-8-24-56/h14-17,19-22,27-30,39-42H,5-13,18,23-26,56-59H2,1-4H3,(H2,60,70)(H,61,74)(H,62,75)(H,63,76)(H,64,77)(H,65,72)(H,66,71)(H,67,73)(H,68,69)/t39-,40-,41-,42-/m0/s1. The average molecular weight is 1130 g/mol. The fourth-order valence-corrected chi connectivity index (χ4v) is 8.20. The van der Waals surface area contributed by atoms with E-state index in [9.17, 15) is 48.3 Å². The van der Waals surface area contributed by atoms with Crippen LogP contribution in [0.15, 0.2) is 72.8 Å². The van der Waals surface area contributed by atoms with Crippen LogP contribution in [0.4, 0.5) is 22.7 Å². The molecule has 0 aliphatic heterocycles. The summed E-state index contributed by atoms with van der Waals surface area (Å²) in [6, 6.07) is 12.1. The minimum atomic E-state index is -1.51. The SMILES string of the molecule is COc1ccc(NC(=O)[C@H](CCCCN)NC(=O)c2cc(NC(=O)[C@H](CCC(=O)O)NC(=O)c3cc(NC(=O)[C@H](CCCCN)NC(=O)c4cc(NC(=O)[C@@H](N)CCCCN)ccc4OC)ccc3OC)ccc2OC)cc1C(N)=O. The number of hydrogen-bond donors (Lipinski definition) is 13. The van der Waals surface area contributed by atoms with Gasteiger partial charge in [-0.2, -0.15) is 0 Å².